The summed E-state index contributed by atoms with van der Waals surface area (Å²) in [5.74, 6) is 0.868. The fraction of sp³-hybridized carbons (Fsp3) is 0.357. The molecule has 0 aliphatic carbocycles. The minimum absolute atomic E-state index is 0.303. The van der Waals surface area contributed by atoms with E-state index in [4.69, 9.17) is 4.74 Å². The summed E-state index contributed by atoms with van der Waals surface area (Å²) in [6.07, 6.45) is 2.76. The van der Waals surface area contributed by atoms with Crippen LogP contribution in [-0.2, 0) is 0 Å². The molecule has 0 saturated carbocycles. The summed E-state index contributed by atoms with van der Waals surface area (Å²) in [6.45, 7) is 3.92. The van der Waals surface area contributed by atoms with Gasteiger partial charge in [-0.1, -0.05) is 6.07 Å². The highest BCUT2D eigenvalue weighted by Crippen LogP contribution is 2.28. The van der Waals surface area contributed by atoms with E-state index in [0.29, 0.717) is 17.5 Å². The van der Waals surface area contributed by atoms with Crippen LogP contribution >= 0.6 is 0 Å². The number of benzene rings is 1. The van der Waals surface area contributed by atoms with Gasteiger partial charge in [0, 0.05) is 12.6 Å². The van der Waals surface area contributed by atoms with E-state index in [1.807, 2.05) is 11.6 Å². The lowest BCUT2D eigenvalue weighted by molar-refractivity contribution is 0.454. The van der Waals surface area contributed by atoms with Crippen LogP contribution in [0.15, 0.2) is 30.5 Å². The van der Waals surface area contributed by atoms with Crippen molar-refractivity contribution in [3.05, 3.63) is 42.0 Å². The van der Waals surface area contributed by atoms with Gasteiger partial charge in [0.1, 0.15) is 11.6 Å². The maximum atomic E-state index is 13.1. The number of ether oxygens (including phenoxy) is 1. The van der Waals surface area contributed by atoms with E-state index in [1.54, 1.807) is 18.3 Å². The minimum atomic E-state index is -0.303. The first kappa shape index (κ1) is 12.2. The topological polar surface area (TPSA) is 39.1 Å². The minimum Gasteiger partial charge on any atom is -0.454 e. The summed E-state index contributed by atoms with van der Waals surface area (Å²) in [4.78, 5) is 0. The fourth-order valence-corrected chi connectivity index (χ4v) is 2.38. The number of aromatic nitrogens is 2. The van der Waals surface area contributed by atoms with Gasteiger partial charge < -0.3 is 10.1 Å². The third-order valence-electron chi connectivity index (χ3n) is 3.40. The van der Waals surface area contributed by atoms with E-state index >= 15 is 0 Å². The van der Waals surface area contributed by atoms with Crippen molar-refractivity contribution >= 4 is 0 Å². The van der Waals surface area contributed by atoms with Crippen LogP contribution in [0.3, 0.4) is 0 Å². The van der Waals surface area contributed by atoms with Crippen molar-refractivity contribution in [3.63, 3.8) is 0 Å². The van der Waals surface area contributed by atoms with Crippen LogP contribution in [0.1, 0.15) is 18.2 Å². The Morgan fingerprint density at radius 3 is 3.11 bits per heavy atom. The summed E-state index contributed by atoms with van der Waals surface area (Å²) in [5.41, 5.74) is 0.970. The van der Waals surface area contributed by atoms with Crippen molar-refractivity contribution in [2.45, 2.75) is 19.4 Å². The molecular formula is C14H16FN3O. The zero-order valence-corrected chi connectivity index (χ0v) is 10.8. The largest absolute Gasteiger partial charge is 0.454 e. The van der Waals surface area contributed by atoms with Gasteiger partial charge in [0.15, 0.2) is 5.75 Å². The quantitative estimate of drug-likeness (QED) is 0.923. The third kappa shape index (κ3) is 2.46. The van der Waals surface area contributed by atoms with Gasteiger partial charge in [0.05, 0.1) is 17.9 Å². The lowest BCUT2D eigenvalue weighted by atomic mass is 10.2. The molecule has 1 fully saturated rings. The Bertz CT molecular complexity index is 576. The molecule has 4 nitrogen and oxygen atoms in total. The van der Waals surface area contributed by atoms with Gasteiger partial charge in [-0.25, -0.2) is 4.39 Å². The number of hydrogen-bond acceptors (Lipinski definition) is 3. The molecule has 0 amide bonds. The molecule has 1 saturated heterocycles. The first-order valence-electron chi connectivity index (χ1n) is 6.42. The second kappa shape index (κ2) is 5.01. The van der Waals surface area contributed by atoms with Crippen molar-refractivity contribution in [3.8, 4) is 11.5 Å². The Morgan fingerprint density at radius 1 is 1.47 bits per heavy atom. The third-order valence-corrected chi connectivity index (χ3v) is 3.40. The summed E-state index contributed by atoms with van der Waals surface area (Å²) in [5, 5.41) is 7.69. The molecule has 0 radical (unpaired) electrons. The van der Waals surface area contributed by atoms with Crippen LogP contribution in [0.25, 0.3) is 0 Å². The molecule has 5 heteroatoms. The lowest BCUT2D eigenvalue weighted by Crippen LogP contribution is -2.15. The molecule has 0 spiro atoms. The molecule has 2 heterocycles. The van der Waals surface area contributed by atoms with Crippen LogP contribution in [-0.4, -0.2) is 22.9 Å². The monoisotopic (exact) mass is 261 g/mol. The summed E-state index contributed by atoms with van der Waals surface area (Å²) in [7, 11) is 0. The van der Waals surface area contributed by atoms with Crippen LogP contribution in [0.5, 0.6) is 11.5 Å². The number of rotatable bonds is 3. The highest BCUT2D eigenvalue weighted by molar-refractivity contribution is 5.32. The van der Waals surface area contributed by atoms with Crippen molar-refractivity contribution in [2.75, 3.05) is 13.1 Å². The Morgan fingerprint density at radius 2 is 2.37 bits per heavy atom. The Balaban J connectivity index is 1.82. The number of nitrogens with one attached hydrogen (secondary N) is 1. The first-order chi connectivity index (χ1) is 9.24. The Hall–Kier alpha value is -1.88. The van der Waals surface area contributed by atoms with Crippen LogP contribution in [0.4, 0.5) is 4.39 Å². The molecule has 1 aliphatic rings. The van der Waals surface area contributed by atoms with E-state index in [1.165, 1.54) is 12.1 Å². The van der Waals surface area contributed by atoms with Crippen LogP contribution < -0.4 is 10.1 Å². The molecule has 1 aliphatic heterocycles. The van der Waals surface area contributed by atoms with E-state index in [9.17, 15) is 4.39 Å². The second-order valence-corrected chi connectivity index (χ2v) is 4.74. The predicted octanol–water partition coefficient (Wildman–Crippen LogP) is 2.66. The summed E-state index contributed by atoms with van der Waals surface area (Å²) < 4.78 is 20.8. The SMILES string of the molecule is Cc1c(Oc2cccc(F)c2)cnn1C1CCNC1. The zero-order chi connectivity index (χ0) is 13.2. The predicted molar refractivity (Wildman–Crippen MR) is 70.0 cm³/mol. The maximum absolute atomic E-state index is 13.1. The van der Waals surface area contributed by atoms with E-state index < -0.39 is 0 Å². The normalized spacial score (nSPS) is 18.7. The molecule has 2 aromatic rings. The molecule has 1 N–H and O–H groups in total. The van der Waals surface area contributed by atoms with Crippen LogP contribution in [0.2, 0.25) is 0 Å². The van der Waals surface area contributed by atoms with Gasteiger partial charge in [-0.15, -0.1) is 0 Å². The van der Waals surface area contributed by atoms with E-state index in [2.05, 4.69) is 10.4 Å². The van der Waals surface area contributed by atoms with E-state index in [0.717, 1.165) is 25.2 Å². The molecule has 1 aromatic carbocycles. The second-order valence-electron chi connectivity index (χ2n) is 4.74. The number of nitrogens with zero attached hydrogens (tertiary/aromatic N) is 2. The van der Waals surface area contributed by atoms with Gasteiger partial charge in [0.25, 0.3) is 0 Å². The average Bonchev–Trinajstić information content (AvgIpc) is 3.01. The molecule has 1 atom stereocenters. The fourth-order valence-electron chi connectivity index (χ4n) is 2.38. The molecule has 0 bridgehead atoms. The molecular weight excluding hydrogens is 245 g/mol. The first-order valence-corrected chi connectivity index (χ1v) is 6.42. The Labute approximate surface area is 111 Å². The van der Waals surface area contributed by atoms with Crippen molar-refractivity contribution in [2.24, 2.45) is 0 Å². The average molecular weight is 261 g/mol. The van der Waals surface area contributed by atoms with E-state index in [-0.39, 0.29) is 5.82 Å². The lowest BCUT2D eigenvalue weighted by Gasteiger charge is -2.12. The van der Waals surface area contributed by atoms with Gasteiger partial charge >= 0.3 is 0 Å². The van der Waals surface area contributed by atoms with Gasteiger partial charge in [-0.3, -0.25) is 4.68 Å². The summed E-state index contributed by atoms with van der Waals surface area (Å²) >= 11 is 0. The van der Waals surface area contributed by atoms with Gasteiger partial charge in [-0.05, 0) is 32.0 Å². The van der Waals surface area contributed by atoms with Crippen molar-refractivity contribution in [1.82, 2.24) is 15.1 Å². The number of hydrogen-bond donors (Lipinski definition) is 1. The maximum Gasteiger partial charge on any atom is 0.168 e. The molecule has 1 unspecified atom stereocenters. The molecule has 100 valence electrons. The molecule has 3 rings (SSSR count). The smallest absolute Gasteiger partial charge is 0.168 e. The Kier molecular flexibility index (Phi) is 3.21. The van der Waals surface area contributed by atoms with Gasteiger partial charge in [0.2, 0.25) is 0 Å². The summed E-state index contributed by atoms with van der Waals surface area (Å²) in [6, 6.07) is 6.51. The highest BCUT2D eigenvalue weighted by atomic mass is 19.1. The number of halogens is 1. The van der Waals surface area contributed by atoms with Crippen LogP contribution in [0, 0.1) is 12.7 Å². The molecule has 1 aromatic heterocycles. The van der Waals surface area contributed by atoms with Crippen molar-refractivity contribution < 1.29 is 9.13 Å². The van der Waals surface area contributed by atoms with Gasteiger partial charge in [-0.2, -0.15) is 5.10 Å². The molecule has 19 heavy (non-hydrogen) atoms. The van der Waals surface area contributed by atoms with Crippen molar-refractivity contribution in [1.29, 1.82) is 0 Å². The highest BCUT2D eigenvalue weighted by Gasteiger charge is 2.20. The zero-order valence-electron chi connectivity index (χ0n) is 10.8. The standard InChI is InChI=1S/C14H16FN3O/c1-10-14(19-13-4-2-3-11(15)7-13)9-17-18(10)12-5-6-16-8-12/h2-4,7,9,12,16H,5-6,8H2,1H3.